The topological polar surface area (TPSA) is 33.2 Å². The zero-order valence-electron chi connectivity index (χ0n) is 14.3. The van der Waals surface area contributed by atoms with Crippen molar-refractivity contribution in [2.24, 2.45) is 0 Å². The van der Waals surface area contributed by atoms with Crippen LogP contribution in [0.2, 0.25) is 0 Å². The maximum atomic E-state index is 11.8. The monoisotopic (exact) mass is 348 g/mol. The Morgan fingerprint density at radius 3 is 2.04 bits per heavy atom. The first kappa shape index (κ1) is 17.2. The van der Waals surface area contributed by atoms with Crippen molar-refractivity contribution in [1.82, 2.24) is 9.88 Å². The van der Waals surface area contributed by atoms with Gasteiger partial charge in [-0.05, 0) is 22.8 Å². The third-order valence-corrected chi connectivity index (χ3v) is 4.80. The smallest absolute Gasteiger partial charge is 0.232 e. The number of carbonyl (C=O) groups is 1. The molecule has 0 aliphatic heterocycles. The van der Waals surface area contributed by atoms with Gasteiger partial charge in [0.2, 0.25) is 5.91 Å². The second-order valence-corrected chi connectivity index (χ2v) is 6.87. The van der Waals surface area contributed by atoms with Crippen molar-refractivity contribution in [3.8, 4) is 22.3 Å². The van der Waals surface area contributed by atoms with Gasteiger partial charge in [-0.1, -0.05) is 72.4 Å². The van der Waals surface area contributed by atoms with E-state index in [1.165, 1.54) is 11.8 Å². The van der Waals surface area contributed by atoms with Crippen LogP contribution in [0.5, 0.6) is 0 Å². The van der Waals surface area contributed by atoms with Crippen LogP contribution >= 0.6 is 11.8 Å². The van der Waals surface area contributed by atoms with Crippen LogP contribution in [0.1, 0.15) is 0 Å². The summed E-state index contributed by atoms with van der Waals surface area (Å²) in [6.45, 7) is 0. The highest BCUT2D eigenvalue weighted by molar-refractivity contribution is 7.99. The first-order valence-corrected chi connectivity index (χ1v) is 9.07. The molecule has 0 bridgehead atoms. The Hall–Kier alpha value is -2.59. The van der Waals surface area contributed by atoms with Crippen molar-refractivity contribution in [3.05, 3.63) is 72.9 Å². The van der Waals surface area contributed by atoms with Gasteiger partial charge in [0.05, 0.1) is 10.8 Å². The second kappa shape index (κ2) is 7.99. The number of benzene rings is 2. The van der Waals surface area contributed by atoms with Gasteiger partial charge in [0.25, 0.3) is 0 Å². The van der Waals surface area contributed by atoms with E-state index in [0.717, 1.165) is 27.3 Å². The van der Waals surface area contributed by atoms with E-state index in [1.54, 1.807) is 19.0 Å². The van der Waals surface area contributed by atoms with E-state index < -0.39 is 0 Å². The van der Waals surface area contributed by atoms with E-state index in [1.807, 2.05) is 42.6 Å². The summed E-state index contributed by atoms with van der Waals surface area (Å²) >= 11 is 1.47. The number of nitrogens with zero attached hydrogens (tertiary/aromatic N) is 2. The third kappa shape index (κ3) is 4.28. The molecule has 25 heavy (non-hydrogen) atoms. The molecule has 1 heterocycles. The average Bonchev–Trinajstić information content (AvgIpc) is 2.67. The van der Waals surface area contributed by atoms with E-state index in [-0.39, 0.29) is 5.91 Å². The van der Waals surface area contributed by atoms with E-state index in [0.29, 0.717) is 5.75 Å². The molecule has 0 saturated heterocycles. The Bertz CT molecular complexity index is 848. The van der Waals surface area contributed by atoms with Gasteiger partial charge in [0.1, 0.15) is 0 Å². The molecular formula is C21H20N2OS. The van der Waals surface area contributed by atoms with Crippen molar-refractivity contribution in [2.45, 2.75) is 5.03 Å². The molecule has 1 amide bonds. The largest absolute Gasteiger partial charge is 0.348 e. The fraction of sp³-hybridized carbons (Fsp3) is 0.143. The van der Waals surface area contributed by atoms with Crippen molar-refractivity contribution < 1.29 is 4.79 Å². The maximum Gasteiger partial charge on any atom is 0.232 e. The predicted molar refractivity (Wildman–Crippen MR) is 105 cm³/mol. The zero-order chi connectivity index (χ0) is 17.6. The first-order valence-electron chi connectivity index (χ1n) is 8.09. The highest BCUT2D eigenvalue weighted by Crippen LogP contribution is 2.34. The summed E-state index contributed by atoms with van der Waals surface area (Å²) in [5.74, 6) is 0.471. The molecule has 0 radical (unpaired) electrons. The van der Waals surface area contributed by atoms with Crippen LogP contribution in [0.25, 0.3) is 22.3 Å². The lowest BCUT2D eigenvalue weighted by molar-refractivity contribution is -0.125. The molecule has 1 aromatic heterocycles. The molecule has 3 rings (SSSR count). The highest BCUT2D eigenvalue weighted by Gasteiger charge is 2.11. The summed E-state index contributed by atoms with van der Waals surface area (Å²) in [6.07, 6.45) is 1.90. The van der Waals surface area contributed by atoms with Gasteiger partial charge >= 0.3 is 0 Å². The molecule has 126 valence electrons. The molecule has 3 aromatic rings. The minimum absolute atomic E-state index is 0.0835. The SMILES string of the molecule is CN(C)C(=O)CSc1cc(-c2ccccc2)c(-c2ccccc2)cn1. The summed E-state index contributed by atoms with van der Waals surface area (Å²) in [6, 6.07) is 22.6. The van der Waals surface area contributed by atoms with Gasteiger partial charge in [0, 0.05) is 25.9 Å². The number of rotatable bonds is 5. The normalized spacial score (nSPS) is 10.5. The minimum Gasteiger partial charge on any atom is -0.348 e. The molecule has 0 unspecified atom stereocenters. The lowest BCUT2D eigenvalue weighted by Crippen LogP contribution is -2.23. The molecule has 4 heteroatoms. The van der Waals surface area contributed by atoms with Crippen LogP contribution in [-0.4, -0.2) is 35.6 Å². The summed E-state index contributed by atoms with van der Waals surface area (Å²) in [4.78, 5) is 18.0. The van der Waals surface area contributed by atoms with Crippen LogP contribution in [-0.2, 0) is 4.79 Å². The standard InChI is InChI=1S/C21H20N2OS/c1-23(2)21(24)15-25-20-13-18(16-9-5-3-6-10-16)19(14-22-20)17-11-7-4-8-12-17/h3-14H,15H2,1-2H3. The van der Waals surface area contributed by atoms with Crippen molar-refractivity contribution in [3.63, 3.8) is 0 Å². The number of hydrogen-bond acceptors (Lipinski definition) is 3. The molecule has 0 N–H and O–H groups in total. The van der Waals surface area contributed by atoms with Crippen molar-refractivity contribution in [1.29, 1.82) is 0 Å². The van der Waals surface area contributed by atoms with E-state index >= 15 is 0 Å². The number of thioether (sulfide) groups is 1. The molecule has 3 nitrogen and oxygen atoms in total. The Morgan fingerprint density at radius 1 is 0.920 bits per heavy atom. The van der Waals surface area contributed by atoms with Crippen LogP contribution in [0.3, 0.4) is 0 Å². The minimum atomic E-state index is 0.0835. The number of pyridine rings is 1. The molecule has 0 atom stereocenters. The summed E-state index contributed by atoms with van der Waals surface area (Å²) < 4.78 is 0. The fourth-order valence-corrected chi connectivity index (χ4v) is 3.34. The van der Waals surface area contributed by atoms with E-state index in [2.05, 4.69) is 35.3 Å². The fourth-order valence-electron chi connectivity index (χ4n) is 2.48. The molecule has 0 spiro atoms. The van der Waals surface area contributed by atoms with Gasteiger partial charge in [-0.3, -0.25) is 4.79 Å². The van der Waals surface area contributed by atoms with Crippen molar-refractivity contribution >= 4 is 17.7 Å². The molecule has 0 saturated carbocycles. The molecule has 0 fully saturated rings. The van der Waals surface area contributed by atoms with Crippen LogP contribution < -0.4 is 0 Å². The summed E-state index contributed by atoms with van der Waals surface area (Å²) in [7, 11) is 3.54. The quantitative estimate of drug-likeness (QED) is 0.632. The van der Waals surface area contributed by atoms with Crippen LogP contribution in [0, 0.1) is 0 Å². The maximum absolute atomic E-state index is 11.8. The van der Waals surface area contributed by atoms with Crippen molar-refractivity contribution in [2.75, 3.05) is 19.8 Å². The van der Waals surface area contributed by atoms with E-state index in [4.69, 9.17) is 0 Å². The summed E-state index contributed by atoms with van der Waals surface area (Å²) in [5, 5.41) is 0.855. The molecule has 2 aromatic carbocycles. The van der Waals surface area contributed by atoms with Crippen LogP contribution in [0.15, 0.2) is 78.0 Å². The first-order chi connectivity index (χ1) is 12.1. The average molecular weight is 348 g/mol. The Labute approximate surface area is 152 Å². The Kier molecular flexibility index (Phi) is 5.51. The lowest BCUT2D eigenvalue weighted by Gasteiger charge is -2.13. The number of hydrogen-bond donors (Lipinski definition) is 0. The zero-order valence-corrected chi connectivity index (χ0v) is 15.2. The second-order valence-electron chi connectivity index (χ2n) is 5.88. The van der Waals surface area contributed by atoms with Gasteiger partial charge in [0.15, 0.2) is 0 Å². The number of aromatic nitrogens is 1. The number of amides is 1. The van der Waals surface area contributed by atoms with Gasteiger partial charge in [-0.15, -0.1) is 0 Å². The molecule has 0 aliphatic carbocycles. The Balaban J connectivity index is 1.98. The molecular weight excluding hydrogens is 328 g/mol. The van der Waals surface area contributed by atoms with Gasteiger partial charge < -0.3 is 4.90 Å². The summed E-state index contributed by atoms with van der Waals surface area (Å²) in [5.41, 5.74) is 4.50. The van der Waals surface area contributed by atoms with Gasteiger partial charge in [-0.25, -0.2) is 4.98 Å². The predicted octanol–water partition coefficient (Wildman–Crippen LogP) is 4.60. The Morgan fingerprint density at radius 2 is 1.48 bits per heavy atom. The number of carbonyl (C=O) groups excluding carboxylic acids is 1. The highest BCUT2D eigenvalue weighted by atomic mass is 32.2. The molecule has 0 aliphatic rings. The lowest BCUT2D eigenvalue weighted by atomic mass is 9.97. The van der Waals surface area contributed by atoms with E-state index in [9.17, 15) is 4.79 Å². The van der Waals surface area contributed by atoms with Crippen LogP contribution in [0.4, 0.5) is 0 Å². The van der Waals surface area contributed by atoms with Gasteiger partial charge in [-0.2, -0.15) is 0 Å². The third-order valence-electron chi connectivity index (χ3n) is 3.89.